The molecule has 4 heterocycles. The van der Waals surface area contributed by atoms with Gasteiger partial charge >= 0.3 is 6.09 Å². The van der Waals surface area contributed by atoms with Gasteiger partial charge in [-0.3, -0.25) is 0 Å². The van der Waals surface area contributed by atoms with E-state index in [2.05, 4.69) is 81.3 Å². The number of aromatic nitrogens is 4. The Balaban J connectivity index is 1.03. The summed E-state index contributed by atoms with van der Waals surface area (Å²) in [5.74, 6) is 2.64. The lowest BCUT2D eigenvalue weighted by Crippen LogP contribution is -2.52. The number of aromatic amines is 2. The van der Waals surface area contributed by atoms with Crippen molar-refractivity contribution in [3.8, 4) is 39.3 Å². The van der Waals surface area contributed by atoms with Crippen molar-refractivity contribution in [2.24, 2.45) is 0 Å². The van der Waals surface area contributed by atoms with Crippen molar-refractivity contribution >= 4 is 17.1 Å². The Bertz CT molecular complexity index is 1920. The zero-order valence-electron chi connectivity index (χ0n) is 26.6. The number of amides is 1. The molecule has 236 valence electrons. The van der Waals surface area contributed by atoms with Crippen molar-refractivity contribution < 1.29 is 14.3 Å². The molecule has 2 fully saturated rings. The van der Waals surface area contributed by atoms with E-state index in [1.165, 1.54) is 6.42 Å². The van der Waals surface area contributed by atoms with Crippen LogP contribution in [0.3, 0.4) is 0 Å². The summed E-state index contributed by atoms with van der Waals surface area (Å²) in [4.78, 5) is 29.7. The first-order valence-electron chi connectivity index (χ1n) is 16.4. The molecule has 1 amide bonds. The lowest BCUT2D eigenvalue weighted by atomic mass is 9.76. The Labute approximate surface area is 268 Å². The van der Waals surface area contributed by atoms with E-state index in [9.17, 15) is 4.79 Å². The van der Waals surface area contributed by atoms with Gasteiger partial charge in [-0.2, -0.15) is 0 Å². The minimum absolute atomic E-state index is 0.322. The molecule has 2 aromatic heterocycles. The van der Waals surface area contributed by atoms with Gasteiger partial charge in [-0.25, -0.2) is 14.8 Å². The molecule has 3 aliphatic rings. The topological polar surface area (TPSA) is 117 Å². The molecule has 4 N–H and O–H groups in total. The van der Waals surface area contributed by atoms with Gasteiger partial charge in [0.1, 0.15) is 28.5 Å². The smallest absolute Gasteiger partial charge is 0.408 e. The highest BCUT2D eigenvalue weighted by Gasteiger charge is 2.44. The minimum atomic E-state index is -0.561. The molecular weight excluding hydrogens is 576 g/mol. The molecule has 9 heteroatoms. The summed E-state index contributed by atoms with van der Waals surface area (Å²) in [5, 5.41) is 6.65. The van der Waals surface area contributed by atoms with Crippen LogP contribution in [-0.4, -0.2) is 44.8 Å². The van der Waals surface area contributed by atoms with Crippen molar-refractivity contribution in [1.82, 2.24) is 30.6 Å². The van der Waals surface area contributed by atoms with Crippen LogP contribution in [0.15, 0.2) is 60.7 Å². The monoisotopic (exact) mass is 616 g/mol. The number of hydrogen-bond acceptors (Lipinski definition) is 6. The Hall–Kier alpha value is -4.63. The van der Waals surface area contributed by atoms with Crippen molar-refractivity contribution in [2.75, 3.05) is 13.2 Å². The van der Waals surface area contributed by atoms with E-state index in [0.29, 0.717) is 19.1 Å². The number of carbonyl (C=O) groups excluding carboxylic acids is 1. The zero-order valence-corrected chi connectivity index (χ0v) is 26.6. The number of hydrogen-bond donors (Lipinski definition) is 4. The fraction of sp³-hybridized carbons (Fsp3) is 0.378. The van der Waals surface area contributed by atoms with Crippen molar-refractivity contribution in [1.29, 1.82) is 0 Å². The second kappa shape index (κ2) is 11.0. The summed E-state index contributed by atoms with van der Waals surface area (Å²) in [6, 6.07) is 21.8. The third-order valence-electron chi connectivity index (χ3n) is 9.47. The lowest BCUT2D eigenvalue weighted by Gasteiger charge is -2.41. The van der Waals surface area contributed by atoms with E-state index in [0.717, 1.165) is 99.9 Å². The third-order valence-corrected chi connectivity index (χ3v) is 9.47. The summed E-state index contributed by atoms with van der Waals surface area (Å²) in [6.45, 7) is 7.22. The molecule has 3 aromatic carbocycles. The maximum absolute atomic E-state index is 12.7. The number of alkyl carbamates (subject to hydrolysis) is 1. The number of H-pyrrole nitrogens is 2. The molecule has 1 saturated carbocycles. The molecule has 9 nitrogen and oxygen atoms in total. The molecular formula is C37H40N6O3. The largest absolute Gasteiger partial charge is 0.492 e. The second-order valence-electron chi connectivity index (χ2n) is 13.9. The minimum Gasteiger partial charge on any atom is -0.492 e. The zero-order chi connectivity index (χ0) is 31.5. The predicted octanol–water partition coefficient (Wildman–Crippen LogP) is 7.55. The Kier molecular flexibility index (Phi) is 6.90. The Morgan fingerprint density at radius 3 is 2.37 bits per heavy atom. The molecule has 0 spiro atoms. The number of rotatable bonds is 5. The van der Waals surface area contributed by atoms with Crippen LogP contribution in [0.5, 0.6) is 5.75 Å². The highest BCUT2D eigenvalue weighted by molar-refractivity contribution is 5.83. The van der Waals surface area contributed by atoms with E-state index in [1.54, 1.807) is 0 Å². The van der Waals surface area contributed by atoms with Gasteiger partial charge in [-0.05, 0) is 106 Å². The first-order chi connectivity index (χ1) is 22.2. The molecule has 0 radical (unpaired) electrons. The van der Waals surface area contributed by atoms with E-state index in [1.807, 2.05) is 20.8 Å². The summed E-state index contributed by atoms with van der Waals surface area (Å²) in [7, 11) is 0. The van der Waals surface area contributed by atoms with Gasteiger partial charge in [0, 0.05) is 17.7 Å². The average Bonchev–Trinajstić information content (AvgIpc) is 3.76. The highest BCUT2D eigenvalue weighted by Crippen LogP contribution is 2.44. The summed E-state index contributed by atoms with van der Waals surface area (Å²) >= 11 is 0. The Morgan fingerprint density at radius 1 is 0.935 bits per heavy atom. The van der Waals surface area contributed by atoms with Crippen LogP contribution in [0.4, 0.5) is 4.79 Å². The van der Waals surface area contributed by atoms with E-state index < -0.39 is 17.2 Å². The van der Waals surface area contributed by atoms with Crippen LogP contribution in [-0.2, 0) is 16.7 Å². The number of ether oxygens (including phenoxy) is 2. The van der Waals surface area contributed by atoms with Crippen LogP contribution in [0.1, 0.15) is 76.3 Å². The molecule has 46 heavy (non-hydrogen) atoms. The maximum Gasteiger partial charge on any atom is 0.408 e. The third kappa shape index (κ3) is 5.32. The average molecular weight is 617 g/mol. The molecule has 1 saturated heterocycles. The second-order valence-corrected chi connectivity index (χ2v) is 13.9. The van der Waals surface area contributed by atoms with Crippen molar-refractivity contribution in [3.05, 3.63) is 78.0 Å². The Morgan fingerprint density at radius 2 is 1.67 bits per heavy atom. The fourth-order valence-electron chi connectivity index (χ4n) is 6.92. The highest BCUT2D eigenvalue weighted by atomic mass is 16.6. The van der Waals surface area contributed by atoms with Gasteiger partial charge in [0.2, 0.25) is 0 Å². The fourth-order valence-corrected chi connectivity index (χ4v) is 6.92. The lowest BCUT2D eigenvalue weighted by molar-refractivity contribution is 0.0366. The number of benzene rings is 3. The normalized spacial score (nSPS) is 18.6. The standard InChI is InChI=1S/C37H40N6O3/c1-36(2,3)46-35(44)43-37(16-5-17-37)34-41-28-15-19-45-31-21-25(11-13-26(31)32(28)42-34)23-9-7-22(8-10-23)24-12-14-27-30(20-24)40-33(39-27)29-6-4-18-38-29/h7-14,20-21,29,38H,4-6,15-19H2,1-3H3,(H,39,40)(H,41,42)(H,43,44). The quantitative estimate of drug-likeness (QED) is 0.162. The number of nitrogens with one attached hydrogen (secondary N) is 4. The molecule has 1 unspecified atom stereocenters. The van der Waals surface area contributed by atoms with Gasteiger partial charge in [0.15, 0.2) is 0 Å². The molecule has 0 bridgehead atoms. The number of imidazole rings is 2. The first-order valence-corrected chi connectivity index (χ1v) is 16.4. The van der Waals surface area contributed by atoms with Crippen LogP contribution in [0.25, 0.3) is 44.5 Å². The van der Waals surface area contributed by atoms with Crippen molar-refractivity contribution in [3.63, 3.8) is 0 Å². The van der Waals surface area contributed by atoms with E-state index in [-0.39, 0.29) is 0 Å². The SMILES string of the molecule is CC(C)(C)OC(=O)NC1(c2nc3c([nH]2)CCOc2cc(-c4ccc(-c5ccc6nc(C7CCCN7)[nH]c6c5)cc4)ccc2-3)CCC1. The van der Waals surface area contributed by atoms with Crippen LogP contribution in [0, 0.1) is 0 Å². The number of carbonyl (C=O) groups is 1. The molecule has 1 atom stereocenters. The summed E-state index contributed by atoms with van der Waals surface area (Å²) in [5.41, 5.74) is 8.38. The van der Waals surface area contributed by atoms with Gasteiger partial charge in [0.05, 0.1) is 29.4 Å². The first kappa shape index (κ1) is 28.8. The summed E-state index contributed by atoms with van der Waals surface area (Å²) < 4.78 is 11.8. The van der Waals surface area contributed by atoms with Gasteiger partial charge in [-0.15, -0.1) is 0 Å². The van der Waals surface area contributed by atoms with Crippen LogP contribution in [0.2, 0.25) is 0 Å². The van der Waals surface area contributed by atoms with Crippen molar-refractivity contribution in [2.45, 2.75) is 76.5 Å². The maximum atomic E-state index is 12.7. The van der Waals surface area contributed by atoms with Gasteiger partial charge < -0.3 is 30.1 Å². The molecule has 8 rings (SSSR count). The number of nitrogens with zero attached hydrogens (tertiary/aromatic N) is 2. The van der Waals surface area contributed by atoms with E-state index in [4.69, 9.17) is 19.4 Å². The van der Waals surface area contributed by atoms with E-state index >= 15 is 0 Å². The molecule has 5 aromatic rings. The van der Waals surface area contributed by atoms with Crippen LogP contribution < -0.4 is 15.4 Å². The predicted molar refractivity (Wildman–Crippen MR) is 179 cm³/mol. The number of fused-ring (bicyclic) bond motifs is 4. The molecule has 1 aliphatic carbocycles. The summed E-state index contributed by atoms with van der Waals surface area (Å²) in [6.07, 6.45) is 5.29. The van der Waals surface area contributed by atoms with Crippen LogP contribution >= 0.6 is 0 Å². The molecule has 2 aliphatic heterocycles. The van der Waals surface area contributed by atoms with Gasteiger partial charge in [-0.1, -0.05) is 36.4 Å². The van der Waals surface area contributed by atoms with Gasteiger partial charge in [0.25, 0.3) is 0 Å².